The number of ketones is 1. The molecule has 0 aliphatic rings. The zero-order chi connectivity index (χ0) is 14.7. The van der Waals surface area contributed by atoms with Crippen LogP contribution in [-0.4, -0.2) is 18.9 Å². The summed E-state index contributed by atoms with van der Waals surface area (Å²) in [7, 11) is 1.15. The standard InChI is InChI=1S/C15H14N2O3/c1-20-15(19)14(18)12-8-10(4-7-13(12)17)9-2-5-11(16)6-3-9/h2-8H,16-17H2,1H3. The van der Waals surface area contributed by atoms with Crippen LogP contribution in [0.4, 0.5) is 11.4 Å². The van der Waals surface area contributed by atoms with Crippen LogP contribution in [0, 0.1) is 0 Å². The lowest BCUT2D eigenvalue weighted by molar-refractivity contribution is -0.135. The maximum absolute atomic E-state index is 11.9. The number of nitrogen functional groups attached to an aromatic ring is 2. The maximum Gasteiger partial charge on any atom is 0.379 e. The Kier molecular flexibility index (Phi) is 3.70. The van der Waals surface area contributed by atoms with Crippen molar-refractivity contribution in [2.24, 2.45) is 0 Å². The minimum atomic E-state index is -0.939. The lowest BCUT2D eigenvalue weighted by Gasteiger charge is -2.07. The van der Waals surface area contributed by atoms with Gasteiger partial charge in [-0.05, 0) is 35.4 Å². The zero-order valence-corrected chi connectivity index (χ0v) is 10.9. The van der Waals surface area contributed by atoms with Gasteiger partial charge < -0.3 is 16.2 Å². The topological polar surface area (TPSA) is 95.4 Å². The Morgan fingerprint density at radius 2 is 1.55 bits per heavy atom. The van der Waals surface area contributed by atoms with Crippen LogP contribution >= 0.6 is 0 Å². The largest absolute Gasteiger partial charge is 0.463 e. The Labute approximate surface area is 116 Å². The third-order valence-corrected chi connectivity index (χ3v) is 2.91. The van der Waals surface area contributed by atoms with Crippen molar-refractivity contribution in [2.45, 2.75) is 0 Å². The van der Waals surface area contributed by atoms with Gasteiger partial charge in [-0.1, -0.05) is 18.2 Å². The number of methoxy groups -OCH3 is 1. The first-order valence-corrected chi connectivity index (χ1v) is 5.91. The second kappa shape index (κ2) is 5.44. The highest BCUT2D eigenvalue weighted by Crippen LogP contribution is 2.25. The first kappa shape index (κ1) is 13.6. The predicted octanol–water partition coefficient (Wildman–Crippen LogP) is 1.87. The van der Waals surface area contributed by atoms with Gasteiger partial charge >= 0.3 is 5.97 Å². The van der Waals surface area contributed by atoms with Crippen LogP contribution < -0.4 is 11.5 Å². The fraction of sp³-hybridized carbons (Fsp3) is 0.0667. The molecule has 0 spiro atoms. The fourth-order valence-electron chi connectivity index (χ4n) is 1.81. The van der Waals surface area contributed by atoms with E-state index in [1.165, 1.54) is 0 Å². The van der Waals surface area contributed by atoms with Gasteiger partial charge in [-0.3, -0.25) is 4.79 Å². The molecule has 0 unspecified atom stereocenters. The molecule has 0 aliphatic carbocycles. The molecule has 4 N–H and O–H groups in total. The van der Waals surface area contributed by atoms with E-state index in [9.17, 15) is 9.59 Å². The Balaban J connectivity index is 2.45. The summed E-state index contributed by atoms with van der Waals surface area (Å²) in [6, 6.07) is 12.1. The Morgan fingerprint density at radius 1 is 0.950 bits per heavy atom. The SMILES string of the molecule is COC(=O)C(=O)c1cc(-c2ccc(N)cc2)ccc1N. The van der Waals surface area contributed by atoms with Gasteiger partial charge in [-0.2, -0.15) is 0 Å². The number of carbonyl (C=O) groups is 2. The van der Waals surface area contributed by atoms with E-state index in [0.717, 1.165) is 18.2 Å². The number of esters is 1. The Morgan fingerprint density at radius 3 is 2.15 bits per heavy atom. The smallest absolute Gasteiger partial charge is 0.379 e. The van der Waals surface area contributed by atoms with Crippen LogP contribution in [0.15, 0.2) is 42.5 Å². The summed E-state index contributed by atoms with van der Waals surface area (Å²) in [6.45, 7) is 0. The van der Waals surface area contributed by atoms with Gasteiger partial charge in [0.05, 0.1) is 12.7 Å². The van der Waals surface area contributed by atoms with Gasteiger partial charge in [0.25, 0.3) is 5.78 Å². The quantitative estimate of drug-likeness (QED) is 0.384. The summed E-state index contributed by atoms with van der Waals surface area (Å²) in [5.74, 6) is -1.70. The number of benzene rings is 2. The van der Waals surface area contributed by atoms with E-state index in [4.69, 9.17) is 11.5 Å². The summed E-state index contributed by atoms with van der Waals surface area (Å²) in [6.07, 6.45) is 0. The summed E-state index contributed by atoms with van der Waals surface area (Å²) in [5.41, 5.74) is 14.0. The highest BCUT2D eigenvalue weighted by Gasteiger charge is 2.19. The van der Waals surface area contributed by atoms with Crippen LogP contribution in [0.3, 0.4) is 0 Å². The van der Waals surface area contributed by atoms with E-state index < -0.39 is 11.8 Å². The van der Waals surface area contributed by atoms with Crippen molar-refractivity contribution < 1.29 is 14.3 Å². The van der Waals surface area contributed by atoms with Crippen LogP contribution in [0.25, 0.3) is 11.1 Å². The molecule has 0 aromatic heterocycles. The molecular weight excluding hydrogens is 256 g/mol. The molecule has 102 valence electrons. The number of rotatable bonds is 3. The van der Waals surface area contributed by atoms with Crippen molar-refractivity contribution in [1.82, 2.24) is 0 Å². The average Bonchev–Trinajstić information content (AvgIpc) is 2.47. The molecule has 0 amide bonds. The van der Waals surface area contributed by atoms with E-state index in [2.05, 4.69) is 4.74 Å². The molecule has 2 rings (SSSR count). The molecule has 2 aromatic rings. The van der Waals surface area contributed by atoms with Gasteiger partial charge in [0.1, 0.15) is 0 Å². The molecule has 0 saturated heterocycles. The molecule has 0 fully saturated rings. The summed E-state index contributed by atoms with van der Waals surface area (Å²) >= 11 is 0. The van der Waals surface area contributed by atoms with Crippen molar-refractivity contribution in [3.8, 4) is 11.1 Å². The first-order chi connectivity index (χ1) is 9.52. The van der Waals surface area contributed by atoms with E-state index >= 15 is 0 Å². The van der Waals surface area contributed by atoms with Crippen molar-refractivity contribution in [1.29, 1.82) is 0 Å². The monoisotopic (exact) mass is 270 g/mol. The van der Waals surface area contributed by atoms with Crippen LogP contribution in [-0.2, 0) is 9.53 Å². The normalized spacial score (nSPS) is 10.1. The molecule has 5 heteroatoms. The lowest BCUT2D eigenvalue weighted by Crippen LogP contribution is -2.17. The van der Waals surface area contributed by atoms with Crippen LogP contribution in [0.1, 0.15) is 10.4 Å². The van der Waals surface area contributed by atoms with Crippen molar-refractivity contribution >= 4 is 23.1 Å². The molecular formula is C15H14N2O3. The molecule has 0 saturated carbocycles. The number of Topliss-reactive ketones (excluding diaryl/α,β-unsaturated/α-hetero) is 1. The predicted molar refractivity (Wildman–Crippen MR) is 77.0 cm³/mol. The number of hydrogen-bond acceptors (Lipinski definition) is 5. The van der Waals surface area contributed by atoms with Gasteiger partial charge in [-0.15, -0.1) is 0 Å². The summed E-state index contributed by atoms with van der Waals surface area (Å²) in [5, 5.41) is 0. The van der Waals surface area contributed by atoms with E-state index in [-0.39, 0.29) is 11.3 Å². The Bertz CT molecular complexity index is 663. The number of anilines is 2. The van der Waals surface area contributed by atoms with Crippen molar-refractivity contribution in [3.63, 3.8) is 0 Å². The molecule has 0 aliphatic heterocycles. The van der Waals surface area contributed by atoms with Crippen molar-refractivity contribution in [2.75, 3.05) is 18.6 Å². The average molecular weight is 270 g/mol. The Hall–Kier alpha value is -2.82. The molecule has 0 bridgehead atoms. The van der Waals surface area contributed by atoms with E-state index in [0.29, 0.717) is 5.69 Å². The molecule has 2 aromatic carbocycles. The van der Waals surface area contributed by atoms with E-state index in [1.54, 1.807) is 30.3 Å². The summed E-state index contributed by atoms with van der Waals surface area (Å²) < 4.78 is 4.42. The zero-order valence-electron chi connectivity index (χ0n) is 10.9. The number of carbonyl (C=O) groups excluding carboxylic acids is 2. The maximum atomic E-state index is 11.9. The third kappa shape index (κ3) is 2.61. The lowest BCUT2D eigenvalue weighted by atomic mass is 9.99. The summed E-state index contributed by atoms with van der Waals surface area (Å²) in [4.78, 5) is 23.2. The van der Waals surface area contributed by atoms with Crippen LogP contribution in [0.2, 0.25) is 0 Å². The van der Waals surface area contributed by atoms with Crippen LogP contribution in [0.5, 0.6) is 0 Å². The molecule has 0 radical (unpaired) electrons. The first-order valence-electron chi connectivity index (χ1n) is 5.91. The number of ether oxygens (including phenoxy) is 1. The molecule has 20 heavy (non-hydrogen) atoms. The third-order valence-electron chi connectivity index (χ3n) is 2.91. The number of hydrogen-bond donors (Lipinski definition) is 2. The van der Waals surface area contributed by atoms with Gasteiger partial charge in [0, 0.05) is 11.4 Å². The molecule has 0 atom stereocenters. The highest BCUT2D eigenvalue weighted by atomic mass is 16.5. The van der Waals surface area contributed by atoms with E-state index in [1.807, 2.05) is 12.1 Å². The minimum absolute atomic E-state index is 0.131. The van der Waals surface area contributed by atoms with Gasteiger partial charge in [0.2, 0.25) is 0 Å². The van der Waals surface area contributed by atoms with Gasteiger partial charge in [-0.25, -0.2) is 4.79 Å². The van der Waals surface area contributed by atoms with Gasteiger partial charge in [0.15, 0.2) is 0 Å². The number of nitrogens with two attached hydrogens (primary N) is 2. The fourth-order valence-corrected chi connectivity index (χ4v) is 1.81. The minimum Gasteiger partial charge on any atom is -0.463 e. The molecule has 0 heterocycles. The highest BCUT2D eigenvalue weighted by molar-refractivity contribution is 6.41. The second-order valence-corrected chi connectivity index (χ2v) is 4.24. The molecule has 5 nitrogen and oxygen atoms in total. The van der Waals surface area contributed by atoms with Crippen molar-refractivity contribution in [3.05, 3.63) is 48.0 Å². The second-order valence-electron chi connectivity index (χ2n) is 4.24.